The highest BCUT2D eigenvalue weighted by molar-refractivity contribution is 9.10. The first-order valence-electron chi connectivity index (χ1n) is 5.72. The van der Waals surface area contributed by atoms with Crippen molar-refractivity contribution in [3.05, 3.63) is 22.7 Å². The molecule has 3 nitrogen and oxygen atoms in total. The Bertz CT molecular complexity index is 524. The summed E-state index contributed by atoms with van der Waals surface area (Å²) in [6.07, 6.45) is -4.40. The highest BCUT2D eigenvalue weighted by Crippen LogP contribution is 2.35. The van der Waals surface area contributed by atoms with Gasteiger partial charge in [0.15, 0.2) is 0 Å². The Morgan fingerprint density at radius 1 is 1.45 bits per heavy atom. The summed E-state index contributed by atoms with van der Waals surface area (Å²) in [7, 11) is 0. The number of carbonyl (C=O) groups excluding carboxylic acids is 1. The summed E-state index contributed by atoms with van der Waals surface area (Å²) in [6.45, 7) is 0.467. The van der Waals surface area contributed by atoms with Crippen LogP contribution in [0.5, 0.6) is 5.75 Å². The summed E-state index contributed by atoms with van der Waals surface area (Å²) < 4.78 is 40.5. The van der Waals surface area contributed by atoms with Crippen LogP contribution < -0.4 is 9.64 Å². The van der Waals surface area contributed by atoms with E-state index in [0.717, 1.165) is 0 Å². The maximum Gasteiger partial charge on any atom is 0.573 e. The third-order valence-corrected chi connectivity index (χ3v) is 3.93. The van der Waals surface area contributed by atoms with Crippen LogP contribution in [0.15, 0.2) is 22.7 Å². The number of hydrogen-bond acceptors (Lipinski definition) is 2. The lowest BCUT2D eigenvalue weighted by atomic mass is 10.1. The van der Waals surface area contributed by atoms with Crippen molar-refractivity contribution >= 4 is 39.1 Å². The number of nitrogens with zero attached hydrogens (tertiary/aromatic N) is 1. The molecule has 20 heavy (non-hydrogen) atoms. The van der Waals surface area contributed by atoms with Gasteiger partial charge in [0.1, 0.15) is 5.75 Å². The zero-order valence-corrected chi connectivity index (χ0v) is 12.4. The van der Waals surface area contributed by atoms with E-state index >= 15 is 0 Å². The van der Waals surface area contributed by atoms with Crippen LogP contribution in [0.2, 0.25) is 0 Å². The molecule has 110 valence electrons. The molecule has 1 amide bonds. The summed E-state index contributed by atoms with van der Waals surface area (Å²) in [6, 6.07) is 4.02. The number of amides is 1. The quantitative estimate of drug-likeness (QED) is 0.752. The Kier molecular flexibility index (Phi) is 4.49. The van der Waals surface area contributed by atoms with Gasteiger partial charge in [-0.15, -0.1) is 24.8 Å². The first-order chi connectivity index (χ1) is 9.30. The Hall–Kier alpha value is -0.950. The van der Waals surface area contributed by atoms with Crippen LogP contribution in [-0.4, -0.2) is 24.7 Å². The fourth-order valence-electron chi connectivity index (χ4n) is 2.00. The van der Waals surface area contributed by atoms with E-state index in [1.54, 1.807) is 0 Å². The highest BCUT2D eigenvalue weighted by atomic mass is 79.9. The Morgan fingerprint density at radius 3 is 2.65 bits per heavy atom. The van der Waals surface area contributed by atoms with Gasteiger partial charge in [-0.2, -0.15) is 0 Å². The molecule has 0 radical (unpaired) electrons. The second kappa shape index (κ2) is 5.81. The minimum absolute atomic E-state index is 0.0639. The van der Waals surface area contributed by atoms with Crippen LogP contribution in [0.4, 0.5) is 18.9 Å². The number of alkyl halides is 4. The van der Waals surface area contributed by atoms with Crippen molar-refractivity contribution in [2.24, 2.45) is 5.92 Å². The molecule has 1 atom stereocenters. The lowest BCUT2D eigenvalue weighted by Crippen LogP contribution is -2.24. The number of rotatable bonds is 3. The minimum Gasteiger partial charge on any atom is -0.405 e. The number of benzene rings is 1. The normalized spacial score (nSPS) is 19.6. The SMILES string of the molecule is O=C1CC(CCl)CN1c1ccc(OC(F)(F)F)c(Br)c1. The Morgan fingerprint density at radius 2 is 2.15 bits per heavy atom. The van der Waals surface area contributed by atoms with E-state index in [4.69, 9.17) is 11.6 Å². The van der Waals surface area contributed by atoms with E-state index < -0.39 is 6.36 Å². The van der Waals surface area contributed by atoms with Gasteiger partial charge in [-0.05, 0) is 40.0 Å². The van der Waals surface area contributed by atoms with Crippen LogP contribution in [0.25, 0.3) is 0 Å². The molecular formula is C12H10BrClF3NO2. The van der Waals surface area contributed by atoms with Crippen LogP contribution in [0.1, 0.15) is 6.42 Å². The largest absolute Gasteiger partial charge is 0.573 e. The topological polar surface area (TPSA) is 29.5 Å². The highest BCUT2D eigenvalue weighted by Gasteiger charge is 2.33. The van der Waals surface area contributed by atoms with Gasteiger partial charge in [-0.1, -0.05) is 0 Å². The van der Waals surface area contributed by atoms with Crippen LogP contribution in [0, 0.1) is 5.92 Å². The van der Waals surface area contributed by atoms with Gasteiger partial charge in [0.25, 0.3) is 0 Å². The van der Waals surface area contributed by atoms with Crippen molar-refractivity contribution in [1.82, 2.24) is 0 Å². The second-order valence-electron chi connectivity index (χ2n) is 4.39. The molecule has 1 aliphatic heterocycles. The minimum atomic E-state index is -4.75. The predicted molar refractivity (Wildman–Crippen MR) is 72.0 cm³/mol. The predicted octanol–water partition coefficient (Wildman–Crippen LogP) is 3.94. The smallest absolute Gasteiger partial charge is 0.405 e. The number of halogens is 5. The standard InChI is InChI=1S/C12H10BrClF3NO2/c13-9-4-8(1-2-10(9)20-12(15,16)17)18-6-7(5-14)3-11(18)19/h1-2,4,7H,3,5-6H2. The van der Waals surface area contributed by atoms with E-state index in [1.165, 1.54) is 23.1 Å². The number of anilines is 1. The monoisotopic (exact) mass is 371 g/mol. The van der Waals surface area contributed by atoms with Crippen molar-refractivity contribution in [3.8, 4) is 5.75 Å². The van der Waals surface area contributed by atoms with Crippen molar-refractivity contribution < 1.29 is 22.7 Å². The first kappa shape index (κ1) is 15.4. The zero-order chi connectivity index (χ0) is 14.9. The van der Waals surface area contributed by atoms with Crippen LogP contribution in [0.3, 0.4) is 0 Å². The van der Waals surface area contributed by atoms with E-state index in [1.807, 2.05) is 0 Å². The molecule has 8 heteroatoms. The fourth-order valence-corrected chi connectivity index (χ4v) is 2.65. The summed E-state index contributed by atoms with van der Waals surface area (Å²) in [4.78, 5) is 13.3. The van der Waals surface area contributed by atoms with Crippen molar-refractivity contribution in [3.63, 3.8) is 0 Å². The number of ether oxygens (including phenoxy) is 1. The maximum absolute atomic E-state index is 12.2. The molecule has 2 rings (SSSR count). The fraction of sp³-hybridized carbons (Fsp3) is 0.417. The molecular weight excluding hydrogens is 362 g/mol. The molecule has 1 aromatic rings. The molecule has 0 N–H and O–H groups in total. The third kappa shape index (κ3) is 3.58. The number of carbonyl (C=O) groups is 1. The molecule has 1 unspecified atom stereocenters. The molecule has 1 saturated heterocycles. The lowest BCUT2D eigenvalue weighted by molar-refractivity contribution is -0.274. The molecule has 0 aliphatic carbocycles. The summed E-state index contributed by atoms with van der Waals surface area (Å²) in [5.41, 5.74) is 0.518. The van der Waals surface area contributed by atoms with Crippen LogP contribution >= 0.6 is 27.5 Å². The summed E-state index contributed by atoms with van der Waals surface area (Å²) >= 11 is 8.73. The average molecular weight is 373 g/mol. The van der Waals surface area contributed by atoms with E-state index in [2.05, 4.69) is 20.7 Å². The molecule has 1 heterocycles. The molecule has 1 fully saturated rings. The van der Waals surface area contributed by atoms with Gasteiger partial charge in [0.05, 0.1) is 4.47 Å². The molecule has 1 aliphatic rings. The molecule has 0 saturated carbocycles. The first-order valence-corrected chi connectivity index (χ1v) is 7.04. The molecule has 0 aromatic heterocycles. The van der Waals surface area contributed by atoms with Crippen LogP contribution in [-0.2, 0) is 4.79 Å². The van der Waals surface area contributed by atoms with E-state index in [9.17, 15) is 18.0 Å². The maximum atomic E-state index is 12.2. The third-order valence-electron chi connectivity index (χ3n) is 2.88. The van der Waals surface area contributed by atoms with Gasteiger partial charge < -0.3 is 9.64 Å². The van der Waals surface area contributed by atoms with Gasteiger partial charge >= 0.3 is 6.36 Å². The molecule has 0 spiro atoms. The summed E-state index contributed by atoms with van der Waals surface area (Å²) in [5, 5.41) is 0. The van der Waals surface area contributed by atoms with Gasteiger partial charge in [-0.25, -0.2) is 0 Å². The molecule has 0 bridgehead atoms. The molecule has 1 aromatic carbocycles. The zero-order valence-electron chi connectivity index (χ0n) is 10.1. The van der Waals surface area contributed by atoms with Gasteiger partial charge in [-0.3, -0.25) is 4.79 Å². The average Bonchev–Trinajstić information content (AvgIpc) is 2.72. The van der Waals surface area contributed by atoms with E-state index in [-0.39, 0.29) is 22.0 Å². The Balaban J connectivity index is 2.19. The van der Waals surface area contributed by atoms with Crippen molar-refractivity contribution in [1.29, 1.82) is 0 Å². The lowest BCUT2D eigenvalue weighted by Gasteiger charge is -2.18. The van der Waals surface area contributed by atoms with Crippen molar-refractivity contribution in [2.45, 2.75) is 12.8 Å². The second-order valence-corrected chi connectivity index (χ2v) is 5.55. The van der Waals surface area contributed by atoms with E-state index in [0.29, 0.717) is 24.5 Å². The summed E-state index contributed by atoms with van der Waals surface area (Å²) in [5.74, 6) is 0.00135. The van der Waals surface area contributed by atoms with Crippen molar-refractivity contribution in [2.75, 3.05) is 17.3 Å². The Labute approximate surface area is 126 Å². The number of hydrogen-bond donors (Lipinski definition) is 0. The van der Waals surface area contributed by atoms with Gasteiger partial charge in [0, 0.05) is 24.5 Å². The van der Waals surface area contributed by atoms with Gasteiger partial charge in [0.2, 0.25) is 5.91 Å².